The number of anilines is 1. The van der Waals surface area contributed by atoms with Crippen LogP contribution in [0.3, 0.4) is 0 Å². The number of aryl methyl sites for hydroxylation is 2. The molecule has 5 rings (SSSR count). The van der Waals surface area contributed by atoms with E-state index in [1.807, 2.05) is 69.0 Å². The van der Waals surface area contributed by atoms with Crippen LogP contribution in [0.15, 0.2) is 48.5 Å². The van der Waals surface area contributed by atoms with E-state index in [0.29, 0.717) is 39.2 Å². The van der Waals surface area contributed by atoms with Crippen molar-refractivity contribution in [3.63, 3.8) is 0 Å². The first-order valence-corrected chi connectivity index (χ1v) is 14.6. The summed E-state index contributed by atoms with van der Waals surface area (Å²) in [6.45, 7) is 14.2. The number of nitrogens with zero attached hydrogens (tertiary/aromatic N) is 3. The number of aliphatic carboxylic acids is 1. The largest absolute Gasteiger partial charge is 0.488 e. The Kier molecular flexibility index (Phi) is 7.92. The van der Waals surface area contributed by atoms with E-state index < -0.39 is 17.0 Å². The van der Waals surface area contributed by atoms with Gasteiger partial charge in [0.1, 0.15) is 23.8 Å². The summed E-state index contributed by atoms with van der Waals surface area (Å²) in [5.74, 6) is 0.786. The number of aromatic nitrogens is 1. The third kappa shape index (κ3) is 6.22. The zero-order valence-electron chi connectivity index (χ0n) is 25.5. The molecule has 2 aliphatic rings. The summed E-state index contributed by atoms with van der Waals surface area (Å²) in [6, 6.07) is 16.3. The number of ether oxygens (including phenoxy) is 2. The van der Waals surface area contributed by atoms with Crippen LogP contribution in [0.5, 0.6) is 5.75 Å². The zero-order chi connectivity index (χ0) is 30.2. The van der Waals surface area contributed by atoms with Gasteiger partial charge < -0.3 is 24.4 Å². The number of hydrogen-bond acceptors (Lipinski definition) is 6. The highest BCUT2D eigenvalue weighted by Gasteiger charge is 2.41. The number of carboxylic acid groups (broad SMARTS) is 1. The molecule has 1 fully saturated rings. The van der Waals surface area contributed by atoms with E-state index in [2.05, 4.69) is 19.1 Å². The molecular weight excluding hydrogens is 530 g/mol. The van der Waals surface area contributed by atoms with Crippen LogP contribution in [0.25, 0.3) is 11.3 Å². The van der Waals surface area contributed by atoms with Crippen LogP contribution in [0.2, 0.25) is 0 Å². The Morgan fingerprint density at radius 3 is 2.52 bits per heavy atom. The number of hydrogen-bond donors (Lipinski definition) is 1. The summed E-state index contributed by atoms with van der Waals surface area (Å²) in [7, 11) is 0. The summed E-state index contributed by atoms with van der Waals surface area (Å²) in [4.78, 5) is 33.2. The first-order valence-electron chi connectivity index (χ1n) is 14.6. The molecule has 1 amide bonds. The van der Waals surface area contributed by atoms with Crippen molar-refractivity contribution < 1.29 is 24.2 Å². The summed E-state index contributed by atoms with van der Waals surface area (Å²) in [6.07, 6.45) is 1.09. The fraction of sp³-hybridized carbons (Fsp3) is 0.441. The molecule has 1 aromatic heterocycles. The summed E-state index contributed by atoms with van der Waals surface area (Å²) < 4.78 is 12.1. The average molecular weight is 572 g/mol. The van der Waals surface area contributed by atoms with Crippen LogP contribution in [-0.2, 0) is 29.1 Å². The molecule has 1 atom stereocenters. The zero-order valence-corrected chi connectivity index (χ0v) is 25.5. The van der Waals surface area contributed by atoms with Gasteiger partial charge in [-0.15, -0.1) is 0 Å². The van der Waals surface area contributed by atoms with Gasteiger partial charge in [0.2, 0.25) is 0 Å². The first-order chi connectivity index (χ1) is 19.8. The smallest absolute Gasteiger partial charge is 0.410 e. The van der Waals surface area contributed by atoms with Crippen molar-refractivity contribution >= 4 is 17.9 Å². The maximum absolute atomic E-state index is 12.6. The Balaban J connectivity index is 1.33. The molecule has 1 N–H and O–H groups in total. The molecule has 0 aliphatic carbocycles. The van der Waals surface area contributed by atoms with Crippen molar-refractivity contribution in [1.29, 1.82) is 0 Å². The Morgan fingerprint density at radius 2 is 1.81 bits per heavy atom. The second-order valence-electron chi connectivity index (χ2n) is 12.9. The minimum Gasteiger partial charge on any atom is -0.488 e. The van der Waals surface area contributed by atoms with Crippen molar-refractivity contribution in [3.8, 4) is 17.0 Å². The summed E-state index contributed by atoms with van der Waals surface area (Å²) in [5.41, 5.74) is 6.06. The Hall–Kier alpha value is -4.07. The molecule has 0 radical (unpaired) electrons. The molecule has 3 aromatic rings. The number of rotatable bonds is 6. The van der Waals surface area contributed by atoms with Crippen molar-refractivity contribution in [3.05, 3.63) is 76.3 Å². The lowest BCUT2D eigenvalue weighted by molar-refractivity contribution is -0.146. The number of carboxylic acids is 1. The predicted molar refractivity (Wildman–Crippen MR) is 163 cm³/mol. The van der Waals surface area contributed by atoms with E-state index in [0.717, 1.165) is 45.9 Å². The lowest BCUT2D eigenvalue weighted by Gasteiger charge is -2.32. The van der Waals surface area contributed by atoms with Gasteiger partial charge in [-0.05, 0) is 100 Å². The lowest BCUT2D eigenvalue weighted by atomic mass is 9.90. The number of pyridine rings is 1. The van der Waals surface area contributed by atoms with Crippen LogP contribution in [0.4, 0.5) is 10.6 Å². The van der Waals surface area contributed by atoms with Gasteiger partial charge >= 0.3 is 12.1 Å². The average Bonchev–Trinajstić information content (AvgIpc) is 3.35. The minimum absolute atomic E-state index is 0.273. The molecule has 8 nitrogen and oxygen atoms in total. The van der Waals surface area contributed by atoms with Gasteiger partial charge in [0.15, 0.2) is 0 Å². The van der Waals surface area contributed by atoms with Crippen LogP contribution >= 0.6 is 0 Å². The monoisotopic (exact) mass is 571 g/mol. The normalized spacial score (nSPS) is 18.5. The van der Waals surface area contributed by atoms with E-state index in [-0.39, 0.29) is 6.09 Å². The molecule has 3 heterocycles. The predicted octanol–water partition coefficient (Wildman–Crippen LogP) is 6.54. The highest BCUT2D eigenvalue weighted by molar-refractivity contribution is 5.76. The van der Waals surface area contributed by atoms with Gasteiger partial charge in [-0.25, -0.2) is 9.78 Å². The first kappa shape index (κ1) is 29.4. The van der Waals surface area contributed by atoms with Gasteiger partial charge in [0.05, 0.1) is 11.1 Å². The quantitative estimate of drug-likeness (QED) is 0.359. The minimum atomic E-state index is -0.770. The second kappa shape index (κ2) is 11.3. The number of amides is 1. The third-order valence-electron chi connectivity index (χ3n) is 8.20. The number of benzene rings is 2. The number of carbonyl (C=O) groups excluding carboxylic acids is 1. The van der Waals surface area contributed by atoms with Crippen LogP contribution in [0.1, 0.15) is 61.9 Å². The highest BCUT2D eigenvalue weighted by atomic mass is 16.6. The standard InChI is InChI=1S/C34H41N3O5/c1-22-9-7-10-26(28-11-8-12-29(35-28)37-16-14-34(6,21-37)31(38)39)30(22)41-20-24-17-23(2)27-19-36(15-13-25(27)18-24)32(40)42-33(3,4)5/h7-12,17-18H,13-16,19-21H2,1-6H3,(H,38,39)/t34-/m1/s1. The molecule has 8 heteroatoms. The topological polar surface area (TPSA) is 92.2 Å². The van der Waals surface area contributed by atoms with E-state index in [4.69, 9.17) is 14.5 Å². The van der Waals surface area contributed by atoms with Gasteiger partial charge in [0, 0.05) is 31.7 Å². The molecule has 1 saturated heterocycles. The van der Waals surface area contributed by atoms with Gasteiger partial charge in [-0.2, -0.15) is 0 Å². The van der Waals surface area contributed by atoms with Crippen LogP contribution in [-0.4, -0.2) is 52.3 Å². The number of fused-ring (bicyclic) bond motifs is 1. The maximum Gasteiger partial charge on any atom is 0.410 e. The second-order valence-corrected chi connectivity index (χ2v) is 12.9. The van der Waals surface area contributed by atoms with Crippen LogP contribution < -0.4 is 9.64 Å². The fourth-order valence-electron chi connectivity index (χ4n) is 5.79. The molecular formula is C34H41N3O5. The van der Waals surface area contributed by atoms with E-state index in [9.17, 15) is 14.7 Å². The lowest BCUT2D eigenvalue weighted by Crippen LogP contribution is -2.40. The van der Waals surface area contributed by atoms with Crippen molar-refractivity contribution in [1.82, 2.24) is 9.88 Å². The summed E-state index contributed by atoms with van der Waals surface area (Å²) >= 11 is 0. The molecule has 222 valence electrons. The fourth-order valence-corrected chi connectivity index (χ4v) is 5.79. The third-order valence-corrected chi connectivity index (χ3v) is 8.20. The summed E-state index contributed by atoms with van der Waals surface area (Å²) in [5, 5.41) is 9.66. The molecule has 2 aromatic carbocycles. The van der Waals surface area contributed by atoms with Crippen LogP contribution in [0, 0.1) is 19.3 Å². The molecule has 0 unspecified atom stereocenters. The number of para-hydroxylation sites is 1. The molecule has 42 heavy (non-hydrogen) atoms. The Labute approximate surface area is 248 Å². The highest BCUT2D eigenvalue weighted by Crippen LogP contribution is 2.36. The van der Waals surface area contributed by atoms with E-state index in [1.165, 1.54) is 11.1 Å². The van der Waals surface area contributed by atoms with Gasteiger partial charge in [-0.1, -0.05) is 30.3 Å². The Morgan fingerprint density at radius 1 is 1.05 bits per heavy atom. The van der Waals surface area contributed by atoms with E-state index in [1.54, 1.807) is 11.8 Å². The van der Waals surface area contributed by atoms with Crippen molar-refractivity contribution in [2.45, 2.75) is 73.1 Å². The molecule has 0 spiro atoms. The molecule has 0 saturated carbocycles. The number of carbonyl (C=O) groups is 2. The Bertz CT molecular complexity index is 1510. The van der Waals surface area contributed by atoms with Gasteiger partial charge in [0.25, 0.3) is 0 Å². The maximum atomic E-state index is 12.6. The van der Waals surface area contributed by atoms with E-state index >= 15 is 0 Å². The SMILES string of the molecule is Cc1cc(COc2c(C)cccc2-c2cccc(N3CC[C@@](C)(C(=O)O)C3)n2)cc2c1CN(C(=O)OC(C)(C)C)CC2. The van der Waals surface area contributed by atoms with Crippen molar-refractivity contribution in [2.75, 3.05) is 24.5 Å². The van der Waals surface area contributed by atoms with Gasteiger partial charge in [-0.3, -0.25) is 4.79 Å². The van der Waals surface area contributed by atoms with Crippen molar-refractivity contribution in [2.24, 2.45) is 5.41 Å². The molecule has 2 aliphatic heterocycles. The molecule has 0 bridgehead atoms.